The zero-order valence-electron chi connectivity index (χ0n) is 14.9. The molecule has 6 nitrogen and oxygen atoms in total. The largest absolute Gasteiger partial charge is 0.490 e. The van der Waals surface area contributed by atoms with Crippen LogP contribution in [0.4, 0.5) is 5.69 Å². The monoisotopic (exact) mass is 411 g/mol. The molecule has 0 radical (unpaired) electrons. The Morgan fingerprint density at radius 2 is 1.67 bits per heavy atom. The van der Waals surface area contributed by atoms with Crippen LogP contribution in [-0.4, -0.2) is 31.7 Å². The number of hydrogen-bond donors (Lipinski definition) is 1. The number of para-hydroxylation sites is 2. The number of carbonyl (C=O) groups excluding carboxylic acids is 2. The van der Waals surface area contributed by atoms with Crippen molar-refractivity contribution in [2.45, 2.75) is 13.8 Å². The van der Waals surface area contributed by atoms with E-state index in [-0.39, 0.29) is 12.3 Å². The summed E-state index contributed by atoms with van der Waals surface area (Å²) in [7, 11) is 0. The Hall–Kier alpha value is -2.44. The first kappa shape index (κ1) is 20.9. The van der Waals surface area contributed by atoms with Gasteiger partial charge in [-0.15, -0.1) is 0 Å². The van der Waals surface area contributed by atoms with Crippen molar-refractivity contribution >= 4 is 40.8 Å². The maximum atomic E-state index is 12.0. The van der Waals surface area contributed by atoms with E-state index in [2.05, 4.69) is 5.32 Å². The molecule has 1 N–H and O–H groups in total. The molecule has 0 saturated heterocycles. The van der Waals surface area contributed by atoms with Crippen LogP contribution in [0, 0.1) is 6.92 Å². The van der Waals surface area contributed by atoms with Crippen LogP contribution in [-0.2, 0) is 14.3 Å². The van der Waals surface area contributed by atoms with Crippen LogP contribution in [0.3, 0.4) is 0 Å². The number of esters is 1. The van der Waals surface area contributed by atoms with Crippen molar-refractivity contribution in [2.24, 2.45) is 0 Å². The van der Waals surface area contributed by atoms with Crippen LogP contribution in [0.2, 0.25) is 10.0 Å². The molecular weight excluding hydrogens is 393 g/mol. The summed E-state index contributed by atoms with van der Waals surface area (Å²) in [5.41, 5.74) is 1.04. The summed E-state index contributed by atoms with van der Waals surface area (Å²) in [6, 6.07) is 10.3. The van der Waals surface area contributed by atoms with E-state index in [0.717, 1.165) is 5.56 Å². The number of ether oxygens (including phenoxy) is 3. The lowest BCUT2D eigenvalue weighted by molar-refractivity contribution is -0.149. The molecule has 0 spiro atoms. The summed E-state index contributed by atoms with van der Waals surface area (Å²) in [6.07, 6.45) is 0. The smallest absolute Gasteiger partial charge is 0.344 e. The van der Waals surface area contributed by atoms with Gasteiger partial charge in [0.1, 0.15) is 0 Å². The average Bonchev–Trinajstić information content (AvgIpc) is 2.66. The van der Waals surface area contributed by atoms with Crippen LogP contribution in [0.25, 0.3) is 0 Å². The number of rotatable bonds is 8. The highest BCUT2D eigenvalue weighted by Gasteiger charge is 2.14. The lowest BCUT2D eigenvalue weighted by Gasteiger charge is -2.12. The van der Waals surface area contributed by atoms with Gasteiger partial charge in [0.15, 0.2) is 24.7 Å². The topological polar surface area (TPSA) is 73.9 Å². The third kappa shape index (κ3) is 6.05. The highest BCUT2D eigenvalue weighted by molar-refractivity contribution is 6.40. The maximum Gasteiger partial charge on any atom is 0.344 e. The highest BCUT2D eigenvalue weighted by atomic mass is 35.5. The molecular formula is C19H19Cl2NO5. The van der Waals surface area contributed by atoms with E-state index >= 15 is 0 Å². The minimum absolute atomic E-state index is 0.279. The number of anilines is 1. The molecule has 0 aliphatic rings. The van der Waals surface area contributed by atoms with Crippen molar-refractivity contribution in [3.63, 3.8) is 0 Å². The number of carbonyl (C=O) groups is 2. The summed E-state index contributed by atoms with van der Waals surface area (Å²) in [5, 5.41) is 3.16. The summed E-state index contributed by atoms with van der Waals surface area (Å²) in [4.78, 5) is 23.8. The van der Waals surface area contributed by atoms with Crippen LogP contribution in [0.1, 0.15) is 12.5 Å². The third-order valence-corrected chi connectivity index (χ3v) is 4.21. The predicted octanol–water partition coefficient (Wildman–Crippen LogP) is 4.26. The number of benzene rings is 2. The number of halogens is 2. The van der Waals surface area contributed by atoms with Gasteiger partial charge in [-0.2, -0.15) is 0 Å². The molecule has 27 heavy (non-hydrogen) atoms. The van der Waals surface area contributed by atoms with Crippen molar-refractivity contribution in [1.29, 1.82) is 0 Å². The Kier molecular flexibility index (Phi) is 7.76. The third-order valence-electron chi connectivity index (χ3n) is 3.41. The Morgan fingerprint density at radius 1 is 1.00 bits per heavy atom. The lowest BCUT2D eigenvalue weighted by atomic mass is 10.2. The van der Waals surface area contributed by atoms with Crippen molar-refractivity contribution in [1.82, 2.24) is 0 Å². The normalized spacial score (nSPS) is 10.2. The number of nitrogens with one attached hydrogen (secondary N) is 1. The van der Waals surface area contributed by atoms with Crippen molar-refractivity contribution < 1.29 is 23.8 Å². The summed E-state index contributed by atoms with van der Waals surface area (Å²) in [5.74, 6) is -0.321. The standard InChI is InChI=1S/C19H19Cl2NO5/c1-3-25-14-6-4-5-7-15(14)26-11-17(24)27-10-16(23)22-19-13(20)9-8-12(2)18(19)21/h4-9H,3,10-11H2,1-2H3,(H,22,23). The Morgan fingerprint density at radius 3 is 2.33 bits per heavy atom. The van der Waals surface area contributed by atoms with Gasteiger partial charge < -0.3 is 19.5 Å². The highest BCUT2D eigenvalue weighted by Crippen LogP contribution is 2.32. The van der Waals surface area contributed by atoms with Gasteiger partial charge in [0.05, 0.1) is 22.3 Å². The molecule has 2 aromatic rings. The van der Waals surface area contributed by atoms with Gasteiger partial charge in [-0.3, -0.25) is 4.79 Å². The van der Waals surface area contributed by atoms with E-state index in [0.29, 0.717) is 28.2 Å². The zero-order chi connectivity index (χ0) is 19.8. The molecule has 2 aromatic carbocycles. The fourth-order valence-corrected chi connectivity index (χ4v) is 2.58. The van der Waals surface area contributed by atoms with E-state index in [1.807, 2.05) is 6.92 Å². The molecule has 0 saturated carbocycles. The van der Waals surface area contributed by atoms with E-state index in [1.165, 1.54) is 0 Å². The first-order valence-corrected chi connectivity index (χ1v) is 8.92. The molecule has 0 aromatic heterocycles. The van der Waals surface area contributed by atoms with Crippen LogP contribution >= 0.6 is 23.2 Å². The fraction of sp³-hybridized carbons (Fsp3) is 0.263. The number of hydrogen-bond acceptors (Lipinski definition) is 5. The second kappa shape index (κ2) is 10.0. The van der Waals surface area contributed by atoms with Gasteiger partial charge in [0.2, 0.25) is 0 Å². The molecule has 1 amide bonds. The minimum atomic E-state index is -0.696. The first-order chi connectivity index (χ1) is 12.9. The molecule has 0 unspecified atom stereocenters. The second-order valence-electron chi connectivity index (χ2n) is 5.43. The SMILES string of the molecule is CCOc1ccccc1OCC(=O)OCC(=O)Nc1c(Cl)ccc(C)c1Cl. The molecule has 2 rings (SSSR count). The summed E-state index contributed by atoms with van der Waals surface area (Å²) >= 11 is 12.2. The quantitative estimate of drug-likeness (QED) is 0.656. The van der Waals surface area contributed by atoms with Gasteiger partial charge in [-0.1, -0.05) is 41.4 Å². The van der Waals surface area contributed by atoms with E-state index in [4.69, 9.17) is 37.4 Å². The maximum absolute atomic E-state index is 12.0. The Bertz CT molecular complexity index is 826. The molecule has 0 aliphatic carbocycles. The van der Waals surface area contributed by atoms with E-state index in [9.17, 15) is 9.59 Å². The van der Waals surface area contributed by atoms with Gasteiger partial charge in [0.25, 0.3) is 5.91 Å². The van der Waals surface area contributed by atoms with Crippen LogP contribution < -0.4 is 14.8 Å². The predicted molar refractivity (Wildman–Crippen MR) is 104 cm³/mol. The van der Waals surface area contributed by atoms with Crippen LogP contribution in [0.5, 0.6) is 11.5 Å². The van der Waals surface area contributed by atoms with Crippen molar-refractivity contribution in [3.8, 4) is 11.5 Å². The molecule has 0 bridgehead atoms. The van der Waals surface area contributed by atoms with Crippen molar-refractivity contribution in [3.05, 3.63) is 52.0 Å². The number of aryl methyl sites for hydroxylation is 1. The Labute approximate surface area is 167 Å². The van der Waals surface area contributed by atoms with Crippen LogP contribution in [0.15, 0.2) is 36.4 Å². The van der Waals surface area contributed by atoms with Crippen molar-refractivity contribution in [2.75, 3.05) is 25.1 Å². The molecule has 0 aliphatic heterocycles. The number of amides is 1. The first-order valence-electron chi connectivity index (χ1n) is 8.17. The van der Waals surface area contributed by atoms with E-state index < -0.39 is 18.5 Å². The molecule has 8 heteroatoms. The zero-order valence-corrected chi connectivity index (χ0v) is 16.4. The molecule has 144 valence electrons. The van der Waals surface area contributed by atoms with Gasteiger partial charge in [-0.25, -0.2) is 4.79 Å². The van der Waals surface area contributed by atoms with Gasteiger partial charge in [-0.05, 0) is 37.6 Å². The molecule has 0 atom stereocenters. The lowest BCUT2D eigenvalue weighted by Crippen LogP contribution is -2.24. The Balaban J connectivity index is 1.84. The molecule has 0 heterocycles. The molecule has 0 fully saturated rings. The second-order valence-corrected chi connectivity index (χ2v) is 6.22. The van der Waals surface area contributed by atoms with E-state index in [1.54, 1.807) is 43.3 Å². The van der Waals surface area contributed by atoms with Gasteiger partial charge in [0, 0.05) is 0 Å². The van der Waals surface area contributed by atoms with Gasteiger partial charge >= 0.3 is 5.97 Å². The minimum Gasteiger partial charge on any atom is -0.490 e. The summed E-state index contributed by atoms with van der Waals surface area (Å²) < 4.78 is 15.7. The average molecular weight is 412 g/mol. The summed E-state index contributed by atoms with van der Waals surface area (Å²) in [6.45, 7) is 3.25. The fourth-order valence-electron chi connectivity index (χ4n) is 2.12.